The van der Waals surface area contributed by atoms with E-state index in [9.17, 15) is 9.59 Å². The van der Waals surface area contributed by atoms with Crippen molar-refractivity contribution >= 4 is 23.2 Å². The average molecular weight is 334 g/mol. The molecule has 2 aromatic rings. The number of rotatable bonds is 8. The summed E-state index contributed by atoms with van der Waals surface area (Å²) in [5.41, 5.74) is 1.13. The standard InChI is InChI=1S/C16H18N2O4S/c1-11-4-2-5-12(8-11)22-7-3-6-14(19)17-9-15-18-13(10-23-15)16(20)21/h2,4-5,8,10H,3,6-7,9H2,1H3,(H,17,19)(H,20,21). The highest BCUT2D eigenvalue weighted by atomic mass is 32.1. The number of aromatic nitrogens is 1. The molecule has 0 aliphatic carbocycles. The maximum absolute atomic E-state index is 11.7. The Bertz CT molecular complexity index is 684. The molecule has 0 radical (unpaired) electrons. The normalized spacial score (nSPS) is 10.3. The summed E-state index contributed by atoms with van der Waals surface area (Å²) in [6.07, 6.45) is 0.959. The Morgan fingerprint density at radius 2 is 2.22 bits per heavy atom. The number of amides is 1. The molecule has 0 saturated carbocycles. The van der Waals surface area contributed by atoms with Gasteiger partial charge in [0.1, 0.15) is 10.8 Å². The Labute approximate surface area is 138 Å². The number of carbonyl (C=O) groups is 2. The minimum atomic E-state index is -1.06. The monoisotopic (exact) mass is 334 g/mol. The molecule has 1 aromatic carbocycles. The van der Waals surface area contributed by atoms with Crippen molar-refractivity contribution in [2.75, 3.05) is 6.61 Å². The van der Waals surface area contributed by atoms with Crippen LogP contribution in [-0.2, 0) is 11.3 Å². The second-order valence-corrected chi connectivity index (χ2v) is 5.92. The van der Waals surface area contributed by atoms with Crippen LogP contribution in [0.1, 0.15) is 33.9 Å². The van der Waals surface area contributed by atoms with Crippen LogP contribution < -0.4 is 10.1 Å². The van der Waals surface area contributed by atoms with E-state index in [1.54, 1.807) is 0 Å². The molecular weight excluding hydrogens is 316 g/mol. The summed E-state index contributed by atoms with van der Waals surface area (Å²) >= 11 is 1.22. The molecule has 0 spiro atoms. The van der Waals surface area contributed by atoms with Gasteiger partial charge in [0.2, 0.25) is 5.91 Å². The SMILES string of the molecule is Cc1cccc(OCCCC(=O)NCc2nc(C(=O)O)cs2)c1. The van der Waals surface area contributed by atoms with Crippen LogP contribution in [0.3, 0.4) is 0 Å². The number of hydrogen-bond donors (Lipinski definition) is 2. The first-order valence-corrected chi connectivity index (χ1v) is 8.06. The van der Waals surface area contributed by atoms with E-state index < -0.39 is 5.97 Å². The van der Waals surface area contributed by atoms with Gasteiger partial charge in [0.15, 0.2) is 5.69 Å². The molecule has 0 fully saturated rings. The first kappa shape index (κ1) is 17.0. The number of carboxylic acids is 1. The smallest absolute Gasteiger partial charge is 0.355 e. The molecule has 0 aliphatic heterocycles. The van der Waals surface area contributed by atoms with Gasteiger partial charge in [0.05, 0.1) is 13.2 Å². The van der Waals surface area contributed by atoms with Crippen LogP contribution >= 0.6 is 11.3 Å². The number of aryl methyl sites for hydroxylation is 1. The van der Waals surface area contributed by atoms with Crippen molar-refractivity contribution in [3.63, 3.8) is 0 Å². The Morgan fingerprint density at radius 3 is 2.91 bits per heavy atom. The molecule has 0 saturated heterocycles. The van der Waals surface area contributed by atoms with Gasteiger partial charge in [0, 0.05) is 11.8 Å². The van der Waals surface area contributed by atoms with Crippen LogP contribution in [0.5, 0.6) is 5.75 Å². The fourth-order valence-electron chi connectivity index (χ4n) is 1.88. The second kappa shape index (κ2) is 8.28. The Balaban J connectivity index is 1.64. The predicted molar refractivity (Wildman–Crippen MR) is 86.8 cm³/mol. The Morgan fingerprint density at radius 1 is 1.39 bits per heavy atom. The van der Waals surface area contributed by atoms with Crippen LogP contribution in [0.15, 0.2) is 29.6 Å². The summed E-state index contributed by atoms with van der Waals surface area (Å²) in [5.74, 6) is -0.369. The number of ether oxygens (including phenoxy) is 1. The molecule has 0 unspecified atom stereocenters. The van der Waals surface area contributed by atoms with Gasteiger partial charge in [-0.25, -0.2) is 9.78 Å². The highest BCUT2D eigenvalue weighted by Crippen LogP contribution is 2.13. The average Bonchev–Trinajstić information content (AvgIpc) is 2.99. The van der Waals surface area contributed by atoms with Crippen LogP contribution in [0.25, 0.3) is 0 Å². The van der Waals surface area contributed by atoms with E-state index in [4.69, 9.17) is 9.84 Å². The number of hydrogen-bond acceptors (Lipinski definition) is 5. The molecule has 1 heterocycles. The van der Waals surface area contributed by atoms with Crippen LogP contribution in [0.4, 0.5) is 0 Å². The fraction of sp³-hybridized carbons (Fsp3) is 0.312. The minimum Gasteiger partial charge on any atom is -0.494 e. The number of aromatic carboxylic acids is 1. The van der Waals surface area contributed by atoms with E-state index in [0.29, 0.717) is 24.5 Å². The van der Waals surface area contributed by atoms with Gasteiger partial charge in [-0.15, -0.1) is 11.3 Å². The topological polar surface area (TPSA) is 88.5 Å². The lowest BCUT2D eigenvalue weighted by Crippen LogP contribution is -2.23. The largest absolute Gasteiger partial charge is 0.494 e. The quantitative estimate of drug-likeness (QED) is 0.725. The fourth-order valence-corrected chi connectivity index (χ4v) is 2.59. The molecule has 6 nitrogen and oxygen atoms in total. The Kier molecular flexibility index (Phi) is 6.10. The number of nitrogens with one attached hydrogen (secondary N) is 1. The third-order valence-corrected chi connectivity index (χ3v) is 3.86. The number of benzene rings is 1. The first-order valence-electron chi connectivity index (χ1n) is 7.18. The minimum absolute atomic E-state index is 0.00537. The van der Waals surface area contributed by atoms with Crippen molar-refractivity contribution in [1.29, 1.82) is 0 Å². The van der Waals surface area contributed by atoms with Crippen LogP contribution in [-0.4, -0.2) is 28.6 Å². The summed E-state index contributed by atoms with van der Waals surface area (Å²) < 4.78 is 5.57. The van der Waals surface area contributed by atoms with E-state index >= 15 is 0 Å². The molecule has 1 amide bonds. The maximum Gasteiger partial charge on any atom is 0.355 e. The van der Waals surface area contributed by atoms with Crippen LogP contribution in [0, 0.1) is 6.92 Å². The molecule has 7 heteroatoms. The Hall–Kier alpha value is -2.41. The van der Waals surface area contributed by atoms with Gasteiger partial charge in [-0.3, -0.25) is 4.79 Å². The van der Waals surface area contributed by atoms with Gasteiger partial charge in [-0.05, 0) is 31.0 Å². The summed E-state index contributed by atoms with van der Waals surface area (Å²) in [6, 6.07) is 7.75. The van der Waals surface area contributed by atoms with Gasteiger partial charge >= 0.3 is 5.97 Å². The summed E-state index contributed by atoms with van der Waals surface area (Å²) in [6.45, 7) is 2.71. The highest BCUT2D eigenvalue weighted by Gasteiger charge is 2.09. The van der Waals surface area contributed by atoms with Gasteiger partial charge < -0.3 is 15.2 Å². The zero-order chi connectivity index (χ0) is 16.7. The number of thiazole rings is 1. The number of carbonyl (C=O) groups excluding carboxylic acids is 1. The van der Waals surface area contributed by atoms with Crippen molar-refractivity contribution in [2.24, 2.45) is 0 Å². The molecule has 0 bridgehead atoms. The van der Waals surface area contributed by atoms with Gasteiger partial charge in [-0.2, -0.15) is 0 Å². The number of nitrogens with zero attached hydrogens (tertiary/aromatic N) is 1. The molecule has 23 heavy (non-hydrogen) atoms. The molecular formula is C16H18N2O4S. The van der Waals surface area contributed by atoms with Gasteiger partial charge in [0.25, 0.3) is 0 Å². The van der Waals surface area contributed by atoms with Crippen LogP contribution in [0.2, 0.25) is 0 Å². The van der Waals surface area contributed by atoms with Crippen molar-refractivity contribution in [1.82, 2.24) is 10.3 Å². The van der Waals surface area contributed by atoms with E-state index in [-0.39, 0.29) is 18.1 Å². The third-order valence-electron chi connectivity index (χ3n) is 3.01. The summed E-state index contributed by atoms with van der Waals surface area (Å²) in [4.78, 5) is 26.3. The lowest BCUT2D eigenvalue weighted by Gasteiger charge is -2.07. The lowest BCUT2D eigenvalue weighted by molar-refractivity contribution is -0.121. The zero-order valence-corrected chi connectivity index (χ0v) is 13.6. The van der Waals surface area contributed by atoms with Crippen molar-refractivity contribution in [3.05, 3.63) is 45.9 Å². The van der Waals surface area contributed by atoms with Crippen molar-refractivity contribution < 1.29 is 19.4 Å². The second-order valence-electron chi connectivity index (χ2n) is 4.98. The van der Waals surface area contributed by atoms with E-state index in [2.05, 4.69) is 10.3 Å². The molecule has 1 aromatic heterocycles. The molecule has 0 atom stereocenters. The van der Waals surface area contributed by atoms with E-state index in [1.807, 2.05) is 31.2 Å². The molecule has 2 N–H and O–H groups in total. The number of carboxylic acid groups (broad SMARTS) is 1. The predicted octanol–water partition coefficient (Wildman–Crippen LogP) is 2.63. The maximum atomic E-state index is 11.7. The highest BCUT2D eigenvalue weighted by molar-refractivity contribution is 7.09. The first-order chi connectivity index (χ1) is 11.0. The lowest BCUT2D eigenvalue weighted by atomic mass is 10.2. The van der Waals surface area contributed by atoms with Crippen molar-refractivity contribution in [2.45, 2.75) is 26.3 Å². The third kappa shape index (κ3) is 5.71. The molecule has 2 rings (SSSR count). The van der Waals surface area contributed by atoms with E-state index in [0.717, 1.165) is 11.3 Å². The zero-order valence-electron chi connectivity index (χ0n) is 12.7. The molecule has 122 valence electrons. The van der Waals surface area contributed by atoms with E-state index in [1.165, 1.54) is 16.7 Å². The van der Waals surface area contributed by atoms with Crippen molar-refractivity contribution in [3.8, 4) is 5.75 Å². The molecule has 0 aliphatic rings. The summed E-state index contributed by atoms with van der Waals surface area (Å²) in [7, 11) is 0. The van der Waals surface area contributed by atoms with Gasteiger partial charge in [-0.1, -0.05) is 12.1 Å². The summed E-state index contributed by atoms with van der Waals surface area (Å²) in [5, 5.41) is 13.5.